The van der Waals surface area contributed by atoms with Gasteiger partial charge in [0.15, 0.2) is 0 Å². The number of carbonyl (C=O) groups excluding carboxylic acids is 1. The number of carbonyl (C=O) groups is 1. The van der Waals surface area contributed by atoms with Gasteiger partial charge in [0.2, 0.25) is 0 Å². The average molecular weight is 297 g/mol. The van der Waals surface area contributed by atoms with Crippen molar-refractivity contribution in [1.82, 2.24) is 10.3 Å². The van der Waals surface area contributed by atoms with E-state index in [4.69, 9.17) is 5.73 Å². The molecule has 0 aliphatic carbocycles. The smallest absolute Gasteiger partial charge is 0.346 e. The number of nitrogens with one attached hydrogen (secondary N) is 1. The van der Waals surface area contributed by atoms with E-state index in [-0.39, 0.29) is 11.3 Å². The molecule has 1 aromatic rings. The lowest BCUT2D eigenvalue weighted by Crippen LogP contribution is -2.41. The van der Waals surface area contributed by atoms with Gasteiger partial charge in [0.05, 0.1) is 24.3 Å². The number of amides is 1. The molecule has 0 aromatic carbocycles. The van der Waals surface area contributed by atoms with E-state index in [1.807, 2.05) is 5.32 Å². The highest BCUT2D eigenvalue weighted by Gasteiger charge is 2.33. The van der Waals surface area contributed by atoms with E-state index in [0.717, 1.165) is 6.07 Å². The molecule has 0 aliphatic rings. The fraction of sp³-hybridized carbons (Fsp3) is 0.455. The van der Waals surface area contributed by atoms with Crippen LogP contribution in [0, 0.1) is 6.92 Å². The topological polar surface area (TPSA) is 68.0 Å². The van der Waals surface area contributed by atoms with Crippen molar-refractivity contribution >= 4 is 5.91 Å². The first-order valence-electron chi connectivity index (χ1n) is 5.48. The largest absolute Gasteiger partial charge is 0.433 e. The number of alkyl halides is 5. The maximum Gasteiger partial charge on any atom is 0.433 e. The zero-order valence-electron chi connectivity index (χ0n) is 10.4. The van der Waals surface area contributed by atoms with E-state index < -0.39 is 36.8 Å². The average Bonchev–Trinajstić information content (AvgIpc) is 2.35. The van der Waals surface area contributed by atoms with Gasteiger partial charge in [0.25, 0.3) is 11.8 Å². The molecule has 112 valence electrons. The Morgan fingerprint density at radius 3 is 2.35 bits per heavy atom. The summed E-state index contributed by atoms with van der Waals surface area (Å²) in [5.41, 5.74) is 3.23. The molecule has 0 atom stereocenters. The third-order valence-electron chi connectivity index (χ3n) is 2.43. The highest BCUT2D eigenvalue weighted by Crippen LogP contribution is 2.28. The van der Waals surface area contributed by atoms with Crippen LogP contribution in [0.5, 0.6) is 0 Å². The van der Waals surface area contributed by atoms with Crippen LogP contribution in [0.3, 0.4) is 0 Å². The second-order valence-electron chi connectivity index (χ2n) is 4.07. The summed E-state index contributed by atoms with van der Waals surface area (Å²) in [7, 11) is 0. The fourth-order valence-corrected chi connectivity index (χ4v) is 1.34. The van der Waals surface area contributed by atoms with Gasteiger partial charge < -0.3 is 11.1 Å². The number of pyridine rings is 1. The van der Waals surface area contributed by atoms with Crippen molar-refractivity contribution in [3.63, 3.8) is 0 Å². The number of nitrogens with zero attached hydrogens (tertiary/aromatic N) is 1. The summed E-state index contributed by atoms with van der Waals surface area (Å²) in [5, 5.41) is 1.90. The highest BCUT2D eigenvalue weighted by molar-refractivity contribution is 5.95. The van der Waals surface area contributed by atoms with Crippen molar-refractivity contribution in [3.05, 3.63) is 29.1 Å². The summed E-state index contributed by atoms with van der Waals surface area (Å²) in [5.74, 6) is -4.21. The Hall–Kier alpha value is -1.77. The minimum absolute atomic E-state index is 0.201. The van der Waals surface area contributed by atoms with Crippen molar-refractivity contribution in [3.8, 4) is 0 Å². The van der Waals surface area contributed by atoms with Gasteiger partial charge in [-0.1, -0.05) is 0 Å². The van der Waals surface area contributed by atoms with Crippen molar-refractivity contribution in [2.24, 2.45) is 5.73 Å². The lowest BCUT2D eigenvalue weighted by Gasteiger charge is -2.15. The van der Waals surface area contributed by atoms with E-state index in [1.165, 1.54) is 6.92 Å². The zero-order chi connectivity index (χ0) is 15.6. The quantitative estimate of drug-likeness (QED) is 0.832. The maximum absolute atomic E-state index is 12.8. The van der Waals surface area contributed by atoms with Gasteiger partial charge in [-0.05, 0) is 19.1 Å². The van der Waals surface area contributed by atoms with Crippen LogP contribution in [0.1, 0.15) is 21.7 Å². The van der Waals surface area contributed by atoms with E-state index in [0.29, 0.717) is 6.07 Å². The van der Waals surface area contributed by atoms with E-state index >= 15 is 0 Å². The first-order chi connectivity index (χ1) is 9.07. The molecule has 1 rings (SSSR count). The number of rotatable bonds is 4. The summed E-state index contributed by atoms with van der Waals surface area (Å²) in [6.45, 7) is -0.758. The number of hydrogen-bond acceptors (Lipinski definition) is 3. The third kappa shape index (κ3) is 4.12. The molecule has 0 radical (unpaired) electrons. The monoisotopic (exact) mass is 297 g/mol. The lowest BCUT2D eigenvalue weighted by atomic mass is 10.1. The van der Waals surface area contributed by atoms with E-state index in [2.05, 4.69) is 4.98 Å². The van der Waals surface area contributed by atoms with Gasteiger partial charge in [-0.25, -0.2) is 13.8 Å². The fourth-order valence-electron chi connectivity index (χ4n) is 1.34. The predicted molar refractivity (Wildman–Crippen MR) is 60.3 cm³/mol. The Kier molecular flexibility index (Phi) is 4.64. The molecule has 4 nitrogen and oxygen atoms in total. The highest BCUT2D eigenvalue weighted by atomic mass is 19.4. The molecule has 0 bridgehead atoms. The Labute approximate surface area is 111 Å². The van der Waals surface area contributed by atoms with Crippen molar-refractivity contribution in [2.45, 2.75) is 19.0 Å². The molecule has 0 saturated heterocycles. The Balaban J connectivity index is 2.85. The normalized spacial score (nSPS) is 12.3. The van der Waals surface area contributed by atoms with Crippen molar-refractivity contribution in [1.29, 1.82) is 0 Å². The van der Waals surface area contributed by atoms with E-state index in [9.17, 15) is 26.7 Å². The minimum atomic E-state index is -4.63. The lowest BCUT2D eigenvalue weighted by molar-refractivity contribution is -0.141. The third-order valence-corrected chi connectivity index (χ3v) is 2.43. The molecule has 0 unspecified atom stereocenters. The van der Waals surface area contributed by atoms with Gasteiger partial charge in [-0.15, -0.1) is 0 Å². The molecule has 1 aromatic heterocycles. The molecule has 1 heterocycles. The molecule has 1 amide bonds. The molecule has 9 heteroatoms. The van der Waals surface area contributed by atoms with Gasteiger partial charge in [-0.3, -0.25) is 4.79 Å². The van der Waals surface area contributed by atoms with Crippen LogP contribution in [0.15, 0.2) is 12.1 Å². The SMILES string of the molecule is Cc1nc(C(F)(F)F)ccc1C(=O)NCC(F)(F)CN. The summed E-state index contributed by atoms with van der Waals surface area (Å²) in [6.07, 6.45) is -4.63. The Morgan fingerprint density at radius 2 is 1.90 bits per heavy atom. The van der Waals surface area contributed by atoms with Crippen LogP contribution < -0.4 is 11.1 Å². The molecule has 20 heavy (non-hydrogen) atoms. The second-order valence-corrected chi connectivity index (χ2v) is 4.07. The first kappa shape index (κ1) is 16.3. The maximum atomic E-state index is 12.8. The van der Waals surface area contributed by atoms with Crippen molar-refractivity contribution in [2.75, 3.05) is 13.1 Å². The van der Waals surface area contributed by atoms with Crippen LogP contribution >= 0.6 is 0 Å². The first-order valence-corrected chi connectivity index (χ1v) is 5.48. The zero-order valence-corrected chi connectivity index (χ0v) is 10.4. The van der Waals surface area contributed by atoms with Gasteiger partial charge in [0, 0.05) is 0 Å². The summed E-state index contributed by atoms with van der Waals surface area (Å²) >= 11 is 0. The molecule has 0 fully saturated rings. The van der Waals surface area contributed by atoms with Crippen LogP contribution in [0.2, 0.25) is 0 Å². The molecular formula is C11H12F5N3O. The molecule has 0 aliphatic heterocycles. The molecule has 0 spiro atoms. The summed E-state index contributed by atoms with van der Waals surface area (Å²) in [4.78, 5) is 14.8. The second kappa shape index (κ2) is 5.70. The molecule has 3 N–H and O–H groups in total. The van der Waals surface area contributed by atoms with Gasteiger partial charge in [0.1, 0.15) is 5.69 Å². The number of nitrogens with two attached hydrogens (primary N) is 1. The number of hydrogen-bond donors (Lipinski definition) is 2. The van der Waals surface area contributed by atoms with E-state index in [1.54, 1.807) is 0 Å². The van der Waals surface area contributed by atoms with Gasteiger partial charge >= 0.3 is 6.18 Å². The molecular weight excluding hydrogens is 285 g/mol. The van der Waals surface area contributed by atoms with Crippen LogP contribution in [0.25, 0.3) is 0 Å². The van der Waals surface area contributed by atoms with Gasteiger partial charge in [-0.2, -0.15) is 13.2 Å². The summed E-state index contributed by atoms with van der Waals surface area (Å²) in [6, 6.07) is 1.50. The Morgan fingerprint density at radius 1 is 1.30 bits per heavy atom. The van der Waals surface area contributed by atoms with Crippen molar-refractivity contribution < 1.29 is 26.7 Å². The predicted octanol–water partition coefficient (Wildman–Crippen LogP) is 1.73. The summed E-state index contributed by atoms with van der Waals surface area (Å²) < 4.78 is 62.8. The van der Waals surface area contributed by atoms with Crippen LogP contribution in [-0.2, 0) is 6.18 Å². The molecule has 0 saturated carbocycles. The number of halogens is 5. The van der Waals surface area contributed by atoms with Crippen LogP contribution in [0.4, 0.5) is 22.0 Å². The standard InChI is InChI=1S/C11H12F5N3O/c1-6-7(2-3-8(19-6)11(14,15)16)9(20)18-5-10(12,13)4-17/h2-3H,4-5,17H2,1H3,(H,18,20). The number of aromatic nitrogens is 1. The minimum Gasteiger partial charge on any atom is -0.346 e. The Bertz CT molecular complexity index is 501. The van der Waals surface area contributed by atoms with Crippen LogP contribution in [-0.4, -0.2) is 29.9 Å². The number of aryl methyl sites for hydroxylation is 1.